The molecule has 0 N–H and O–H groups in total. The number of aromatic nitrogens is 1. The molecule has 1 heterocycles. The minimum atomic E-state index is 0.0640. The van der Waals surface area contributed by atoms with Crippen LogP contribution in [-0.4, -0.2) is 4.98 Å². The number of hydrogen-bond donors (Lipinski definition) is 0. The summed E-state index contributed by atoms with van der Waals surface area (Å²) in [7, 11) is 0. The first-order valence-electron chi connectivity index (χ1n) is 4.96. The van der Waals surface area contributed by atoms with Crippen molar-refractivity contribution < 1.29 is 4.74 Å². The predicted molar refractivity (Wildman–Crippen MR) is 75.1 cm³/mol. The van der Waals surface area contributed by atoms with Crippen molar-refractivity contribution in [3.8, 4) is 5.75 Å². The smallest absolute Gasteiger partial charge is 0.163 e. The van der Waals surface area contributed by atoms with Gasteiger partial charge in [0.05, 0.1) is 0 Å². The Morgan fingerprint density at radius 3 is 2.00 bits per heavy atom. The molecule has 0 spiro atoms. The second-order valence-corrected chi connectivity index (χ2v) is 4.90. The third-order valence-corrected chi connectivity index (χ3v) is 3.63. The first-order chi connectivity index (χ1) is 8.59. The van der Waals surface area contributed by atoms with Crippen LogP contribution in [-0.2, 0) is 6.61 Å². The van der Waals surface area contributed by atoms with Crippen LogP contribution in [0.3, 0.4) is 0 Å². The van der Waals surface area contributed by atoms with Crippen molar-refractivity contribution >= 4 is 46.4 Å². The molecule has 0 bridgehead atoms. The molecule has 2 rings (SSSR count). The molecule has 0 aliphatic rings. The van der Waals surface area contributed by atoms with Gasteiger partial charge in [0.15, 0.2) is 16.1 Å². The van der Waals surface area contributed by atoms with E-state index in [0.717, 1.165) is 5.56 Å². The molecule has 2 nitrogen and oxygen atoms in total. The molecule has 1 aromatic heterocycles. The van der Waals surface area contributed by atoms with Gasteiger partial charge >= 0.3 is 0 Å². The predicted octanol–water partition coefficient (Wildman–Crippen LogP) is 5.27. The van der Waals surface area contributed by atoms with Crippen LogP contribution in [0.15, 0.2) is 30.3 Å². The maximum atomic E-state index is 5.97. The summed E-state index contributed by atoms with van der Waals surface area (Å²) in [5.74, 6) is 0.243. The van der Waals surface area contributed by atoms with Crippen LogP contribution >= 0.6 is 46.4 Å². The van der Waals surface area contributed by atoms with E-state index in [4.69, 9.17) is 51.1 Å². The minimum Gasteiger partial charge on any atom is -0.486 e. The average Bonchev–Trinajstić information content (AvgIpc) is 2.38. The topological polar surface area (TPSA) is 22.1 Å². The van der Waals surface area contributed by atoms with Gasteiger partial charge in [-0.25, -0.2) is 4.98 Å². The van der Waals surface area contributed by atoms with E-state index >= 15 is 0 Å². The summed E-state index contributed by atoms with van der Waals surface area (Å²) in [5.41, 5.74) is 0.980. The molecule has 0 atom stereocenters. The third-order valence-electron chi connectivity index (χ3n) is 2.18. The number of benzene rings is 1. The first kappa shape index (κ1) is 13.8. The van der Waals surface area contributed by atoms with Crippen molar-refractivity contribution in [2.24, 2.45) is 0 Å². The zero-order valence-corrected chi connectivity index (χ0v) is 12.0. The summed E-state index contributed by atoms with van der Waals surface area (Å²) in [6.45, 7) is 0.316. The average molecular weight is 323 g/mol. The van der Waals surface area contributed by atoms with Gasteiger partial charge in [-0.15, -0.1) is 0 Å². The Bertz CT molecular complexity index is 533. The van der Waals surface area contributed by atoms with Crippen LogP contribution in [0.2, 0.25) is 20.4 Å². The van der Waals surface area contributed by atoms with Crippen LogP contribution < -0.4 is 4.74 Å². The van der Waals surface area contributed by atoms with Crippen LogP contribution in [0.5, 0.6) is 5.75 Å². The second-order valence-electron chi connectivity index (χ2n) is 3.42. The molecule has 0 radical (unpaired) electrons. The van der Waals surface area contributed by atoms with E-state index < -0.39 is 0 Å². The van der Waals surface area contributed by atoms with Crippen LogP contribution in [0.1, 0.15) is 5.56 Å². The van der Waals surface area contributed by atoms with Crippen molar-refractivity contribution in [1.29, 1.82) is 0 Å². The summed E-state index contributed by atoms with van der Waals surface area (Å²) in [6, 6.07) is 9.59. The fraction of sp³-hybridized carbons (Fsp3) is 0.0833. The van der Waals surface area contributed by atoms with Gasteiger partial charge in [0.1, 0.15) is 16.7 Å². The van der Waals surface area contributed by atoms with Gasteiger partial charge in [-0.05, 0) is 5.56 Å². The standard InChI is InChI=1S/C12H7Cl4NO/c13-8-10(9(14)12(16)17-11(8)15)18-6-7-4-2-1-3-5-7/h1-5H,6H2. The van der Waals surface area contributed by atoms with Crippen LogP contribution in [0.25, 0.3) is 0 Å². The molecule has 1 aromatic carbocycles. The highest BCUT2D eigenvalue weighted by Gasteiger charge is 2.16. The first-order valence-corrected chi connectivity index (χ1v) is 6.47. The fourth-order valence-electron chi connectivity index (χ4n) is 1.32. The summed E-state index contributed by atoms with van der Waals surface area (Å²) in [5, 5.41) is 0.437. The van der Waals surface area contributed by atoms with Gasteiger partial charge in [-0.1, -0.05) is 76.7 Å². The van der Waals surface area contributed by atoms with Gasteiger partial charge in [-0.2, -0.15) is 0 Å². The molecular weight excluding hydrogens is 316 g/mol. The fourth-order valence-corrected chi connectivity index (χ4v) is 2.14. The molecule has 0 fully saturated rings. The lowest BCUT2D eigenvalue weighted by Crippen LogP contribution is -1.98. The minimum absolute atomic E-state index is 0.0640. The molecule has 0 saturated carbocycles. The third kappa shape index (κ3) is 3.01. The van der Waals surface area contributed by atoms with Crippen molar-refractivity contribution in [3.05, 3.63) is 56.2 Å². The molecule has 0 saturated heterocycles. The molecule has 0 amide bonds. The lowest BCUT2D eigenvalue weighted by atomic mass is 10.2. The molecular formula is C12H7Cl4NO. The van der Waals surface area contributed by atoms with E-state index in [1.165, 1.54) is 0 Å². The Morgan fingerprint density at radius 1 is 0.889 bits per heavy atom. The Kier molecular flexibility index (Phi) is 4.57. The number of ether oxygens (including phenoxy) is 1. The molecule has 94 valence electrons. The van der Waals surface area contributed by atoms with Crippen molar-refractivity contribution in [2.75, 3.05) is 0 Å². The normalized spacial score (nSPS) is 10.4. The summed E-state index contributed by atoms with van der Waals surface area (Å²) in [6.07, 6.45) is 0. The summed E-state index contributed by atoms with van der Waals surface area (Å²) >= 11 is 23.6. The number of hydrogen-bond acceptors (Lipinski definition) is 2. The molecule has 0 aliphatic carbocycles. The highest BCUT2D eigenvalue weighted by Crippen LogP contribution is 2.40. The molecule has 0 unspecified atom stereocenters. The van der Waals surface area contributed by atoms with Crippen molar-refractivity contribution in [1.82, 2.24) is 4.98 Å². The van der Waals surface area contributed by atoms with Gasteiger partial charge in [0.2, 0.25) is 0 Å². The van der Waals surface area contributed by atoms with Crippen molar-refractivity contribution in [2.45, 2.75) is 6.61 Å². The summed E-state index contributed by atoms with van der Waals surface area (Å²) in [4.78, 5) is 3.78. The zero-order valence-electron chi connectivity index (χ0n) is 8.96. The summed E-state index contributed by atoms with van der Waals surface area (Å²) < 4.78 is 5.54. The molecule has 2 aromatic rings. The monoisotopic (exact) mass is 321 g/mol. The Balaban J connectivity index is 2.24. The highest BCUT2D eigenvalue weighted by molar-refractivity contribution is 6.47. The van der Waals surface area contributed by atoms with Gasteiger partial charge in [0, 0.05) is 0 Å². The van der Waals surface area contributed by atoms with Gasteiger partial charge < -0.3 is 4.74 Å². The number of nitrogens with zero attached hydrogens (tertiary/aromatic N) is 1. The Hall–Kier alpha value is -0.670. The van der Waals surface area contributed by atoms with Crippen LogP contribution in [0, 0.1) is 0 Å². The van der Waals surface area contributed by atoms with E-state index in [1.807, 2.05) is 30.3 Å². The van der Waals surface area contributed by atoms with Gasteiger partial charge in [-0.3, -0.25) is 0 Å². The molecule has 0 aliphatic heterocycles. The van der Waals surface area contributed by atoms with E-state index in [1.54, 1.807) is 0 Å². The van der Waals surface area contributed by atoms with Gasteiger partial charge in [0.25, 0.3) is 0 Å². The van der Waals surface area contributed by atoms with E-state index in [-0.39, 0.29) is 26.1 Å². The largest absolute Gasteiger partial charge is 0.486 e. The number of pyridine rings is 1. The maximum absolute atomic E-state index is 5.97. The quantitative estimate of drug-likeness (QED) is 0.718. The number of rotatable bonds is 3. The zero-order chi connectivity index (χ0) is 13.1. The Morgan fingerprint density at radius 2 is 1.44 bits per heavy atom. The highest BCUT2D eigenvalue weighted by atomic mass is 35.5. The van der Waals surface area contributed by atoms with Crippen molar-refractivity contribution in [3.63, 3.8) is 0 Å². The number of halogens is 4. The lowest BCUT2D eigenvalue weighted by Gasteiger charge is -2.11. The SMILES string of the molecule is Clc1nc(Cl)c(Cl)c(OCc2ccccc2)c1Cl. The molecule has 6 heteroatoms. The van der Waals surface area contributed by atoms with E-state index in [0.29, 0.717) is 6.61 Å². The van der Waals surface area contributed by atoms with Crippen LogP contribution in [0.4, 0.5) is 0 Å². The lowest BCUT2D eigenvalue weighted by molar-refractivity contribution is 0.306. The molecule has 18 heavy (non-hydrogen) atoms. The Labute approximate surface area is 124 Å². The second kappa shape index (κ2) is 5.98. The van der Waals surface area contributed by atoms with E-state index in [2.05, 4.69) is 4.98 Å². The van der Waals surface area contributed by atoms with E-state index in [9.17, 15) is 0 Å². The maximum Gasteiger partial charge on any atom is 0.163 e.